The number of pyridine rings is 1. The van der Waals surface area contributed by atoms with Crippen molar-refractivity contribution in [3.8, 4) is 0 Å². The Morgan fingerprint density at radius 1 is 1.24 bits per heavy atom. The van der Waals surface area contributed by atoms with Gasteiger partial charge in [-0.3, -0.25) is 14.9 Å². The van der Waals surface area contributed by atoms with E-state index in [2.05, 4.69) is 38.7 Å². The van der Waals surface area contributed by atoms with Crippen molar-refractivity contribution < 1.29 is 4.79 Å². The van der Waals surface area contributed by atoms with Crippen molar-refractivity contribution in [3.05, 3.63) is 42.2 Å². The Labute approximate surface area is 172 Å². The number of nitrogens with one attached hydrogen (secondary N) is 2. The summed E-state index contributed by atoms with van der Waals surface area (Å²) in [7, 11) is 0. The molecule has 1 aromatic carbocycles. The third kappa shape index (κ3) is 3.33. The van der Waals surface area contributed by atoms with Gasteiger partial charge in [-0.05, 0) is 60.1 Å². The minimum Gasteiger partial charge on any atom is -0.337 e. The molecule has 1 aliphatic heterocycles. The normalized spacial score (nSPS) is 19.7. The van der Waals surface area contributed by atoms with Crippen LogP contribution in [0.5, 0.6) is 0 Å². The summed E-state index contributed by atoms with van der Waals surface area (Å²) in [5, 5.41) is 11.5. The van der Waals surface area contributed by atoms with Gasteiger partial charge >= 0.3 is 0 Å². The van der Waals surface area contributed by atoms with E-state index in [9.17, 15) is 4.79 Å². The van der Waals surface area contributed by atoms with Crippen molar-refractivity contribution in [1.82, 2.24) is 24.5 Å². The number of hydrogen-bond donors (Lipinski definition) is 2. The Balaban J connectivity index is 1.42. The molecule has 0 bridgehead atoms. The maximum Gasteiger partial charge on any atom is 0.274 e. The van der Waals surface area contributed by atoms with Crippen LogP contribution >= 0.6 is 11.5 Å². The Morgan fingerprint density at radius 3 is 2.90 bits per heavy atom. The number of fused-ring (bicyclic) bond motifs is 2. The molecule has 5 rings (SSSR count). The summed E-state index contributed by atoms with van der Waals surface area (Å²) in [6.45, 7) is 6.03. The number of piperidine rings is 1. The molecule has 4 heterocycles. The van der Waals surface area contributed by atoms with Crippen LogP contribution in [-0.4, -0.2) is 43.5 Å². The van der Waals surface area contributed by atoms with Gasteiger partial charge in [0.15, 0.2) is 5.82 Å². The second-order valence-corrected chi connectivity index (χ2v) is 8.80. The number of aromatic nitrogens is 4. The lowest BCUT2D eigenvalue weighted by Gasteiger charge is -2.34. The quantitative estimate of drug-likeness (QED) is 0.526. The SMILES string of the molecule is CC1CC(C)CN(C(=O)c2nsc3cc(Nc4n[nH]c5cccnc45)ccc23)C1. The second kappa shape index (κ2) is 7.11. The predicted molar refractivity (Wildman–Crippen MR) is 116 cm³/mol. The predicted octanol–water partition coefficient (Wildman–Crippen LogP) is 4.43. The highest BCUT2D eigenvalue weighted by Gasteiger charge is 2.28. The summed E-state index contributed by atoms with van der Waals surface area (Å²) in [5.74, 6) is 1.77. The van der Waals surface area contributed by atoms with E-state index in [1.165, 1.54) is 18.0 Å². The fraction of sp³-hybridized carbons (Fsp3) is 0.333. The number of benzene rings is 1. The van der Waals surface area contributed by atoms with Crippen LogP contribution in [0.15, 0.2) is 36.5 Å². The van der Waals surface area contributed by atoms with E-state index in [1.54, 1.807) is 6.20 Å². The number of nitrogens with zero attached hydrogens (tertiary/aromatic N) is 4. The summed E-state index contributed by atoms with van der Waals surface area (Å²) in [6.07, 6.45) is 2.92. The van der Waals surface area contributed by atoms with E-state index >= 15 is 0 Å². The van der Waals surface area contributed by atoms with Crippen LogP contribution in [0, 0.1) is 11.8 Å². The molecule has 8 heteroatoms. The second-order valence-electron chi connectivity index (χ2n) is 8.00. The Kier molecular flexibility index (Phi) is 4.43. The highest BCUT2D eigenvalue weighted by molar-refractivity contribution is 7.13. The van der Waals surface area contributed by atoms with Crippen LogP contribution in [0.1, 0.15) is 30.8 Å². The maximum atomic E-state index is 13.1. The van der Waals surface area contributed by atoms with Crippen LogP contribution in [0.3, 0.4) is 0 Å². The average Bonchev–Trinajstić information content (AvgIpc) is 3.31. The van der Waals surface area contributed by atoms with Crippen molar-refractivity contribution >= 4 is 50.1 Å². The molecule has 0 spiro atoms. The van der Waals surface area contributed by atoms with E-state index in [1.807, 2.05) is 35.2 Å². The van der Waals surface area contributed by atoms with Gasteiger partial charge in [-0.2, -0.15) is 9.47 Å². The minimum atomic E-state index is 0.0397. The van der Waals surface area contributed by atoms with Gasteiger partial charge in [0, 0.05) is 30.4 Å². The first-order chi connectivity index (χ1) is 14.1. The lowest BCUT2D eigenvalue weighted by molar-refractivity contribution is 0.0620. The topological polar surface area (TPSA) is 86.8 Å². The number of H-pyrrole nitrogens is 1. The maximum absolute atomic E-state index is 13.1. The summed E-state index contributed by atoms with van der Waals surface area (Å²) in [5.41, 5.74) is 3.12. The summed E-state index contributed by atoms with van der Waals surface area (Å²) >= 11 is 1.36. The molecule has 148 valence electrons. The summed E-state index contributed by atoms with van der Waals surface area (Å²) in [4.78, 5) is 19.4. The number of anilines is 2. The zero-order valence-electron chi connectivity index (χ0n) is 16.3. The monoisotopic (exact) mass is 406 g/mol. The smallest absolute Gasteiger partial charge is 0.274 e. The molecule has 1 saturated heterocycles. The van der Waals surface area contributed by atoms with E-state index in [0.717, 1.165) is 39.9 Å². The molecule has 1 aliphatic rings. The van der Waals surface area contributed by atoms with Crippen molar-refractivity contribution in [2.45, 2.75) is 20.3 Å². The molecule has 2 N–H and O–H groups in total. The van der Waals surface area contributed by atoms with Gasteiger partial charge in [-0.15, -0.1) is 0 Å². The van der Waals surface area contributed by atoms with E-state index < -0.39 is 0 Å². The molecule has 0 saturated carbocycles. The molecule has 1 amide bonds. The Hall–Kier alpha value is -3.00. The summed E-state index contributed by atoms with van der Waals surface area (Å²) in [6, 6.07) is 9.74. The van der Waals surface area contributed by atoms with Crippen molar-refractivity contribution in [2.24, 2.45) is 11.8 Å². The van der Waals surface area contributed by atoms with Gasteiger partial charge in [-0.25, -0.2) is 0 Å². The molecule has 3 aromatic heterocycles. The Morgan fingerprint density at radius 2 is 2.07 bits per heavy atom. The number of aromatic amines is 1. The fourth-order valence-corrected chi connectivity index (χ4v) is 5.03. The average molecular weight is 407 g/mol. The van der Waals surface area contributed by atoms with Gasteiger partial charge < -0.3 is 10.2 Å². The van der Waals surface area contributed by atoms with Crippen molar-refractivity contribution in [2.75, 3.05) is 18.4 Å². The highest BCUT2D eigenvalue weighted by atomic mass is 32.1. The number of carbonyl (C=O) groups is 1. The minimum absolute atomic E-state index is 0.0397. The molecule has 0 aliphatic carbocycles. The van der Waals surface area contributed by atoms with Crippen LogP contribution in [0.2, 0.25) is 0 Å². The van der Waals surface area contributed by atoms with Crippen molar-refractivity contribution in [3.63, 3.8) is 0 Å². The molecule has 29 heavy (non-hydrogen) atoms. The number of hydrogen-bond acceptors (Lipinski definition) is 6. The highest BCUT2D eigenvalue weighted by Crippen LogP contribution is 2.30. The van der Waals surface area contributed by atoms with Gasteiger partial charge in [0.05, 0.1) is 10.2 Å². The van der Waals surface area contributed by atoms with E-state index in [4.69, 9.17) is 0 Å². The van der Waals surface area contributed by atoms with Crippen LogP contribution < -0.4 is 5.32 Å². The third-order valence-electron chi connectivity index (χ3n) is 5.41. The largest absolute Gasteiger partial charge is 0.337 e. The first-order valence-electron chi connectivity index (χ1n) is 9.83. The van der Waals surface area contributed by atoms with Crippen LogP contribution in [0.25, 0.3) is 21.1 Å². The number of rotatable bonds is 3. The van der Waals surface area contributed by atoms with Gasteiger partial charge in [-0.1, -0.05) is 13.8 Å². The van der Waals surface area contributed by atoms with E-state index in [-0.39, 0.29) is 5.91 Å². The third-order valence-corrected chi connectivity index (χ3v) is 6.22. The summed E-state index contributed by atoms with van der Waals surface area (Å²) < 4.78 is 5.47. The van der Waals surface area contributed by atoms with Gasteiger partial charge in [0.25, 0.3) is 5.91 Å². The number of amides is 1. The standard InChI is InChI=1S/C21H22N6OS/c1-12-8-13(2)11-27(10-12)21(28)18-15-6-5-14(9-17(15)29-26-18)23-20-19-16(24-25-20)4-3-7-22-19/h3-7,9,12-13H,8,10-11H2,1-2H3,(H2,23,24,25). The molecule has 2 unspecified atom stereocenters. The van der Waals surface area contributed by atoms with E-state index in [0.29, 0.717) is 23.3 Å². The fourth-order valence-electron chi connectivity index (χ4n) is 4.23. The molecular formula is C21H22N6OS. The molecule has 2 atom stereocenters. The molecule has 4 aromatic rings. The number of carbonyl (C=O) groups excluding carboxylic acids is 1. The zero-order valence-corrected chi connectivity index (χ0v) is 17.2. The first-order valence-corrected chi connectivity index (χ1v) is 10.6. The van der Waals surface area contributed by atoms with Crippen molar-refractivity contribution in [1.29, 1.82) is 0 Å². The van der Waals surface area contributed by atoms with Gasteiger partial charge in [0.2, 0.25) is 0 Å². The lowest BCUT2D eigenvalue weighted by Crippen LogP contribution is -2.42. The first kappa shape index (κ1) is 18.1. The molecule has 1 fully saturated rings. The van der Waals surface area contributed by atoms with Crippen LogP contribution in [-0.2, 0) is 0 Å². The number of likely N-dealkylation sites (tertiary alicyclic amines) is 1. The Bertz CT molecular complexity index is 1190. The lowest BCUT2D eigenvalue weighted by atomic mass is 9.91. The molecule has 0 radical (unpaired) electrons. The molecule has 7 nitrogen and oxygen atoms in total. The molecular weight excluding hydrogens is 384 g/mol. The zero-order chi connectivity index (χ0) is 20.0. The van der Waals surface area contributed by atoms with Crippen LogP contribution in [0.4, 0.5) is 11.5 Å². The van der Waals surface area contributed by atoms with Gasteiger partial charge in [0.1, 0.15) is 11.2 Å².